The van der Waals surface area contributed by atoms with Crippen molar-refractivity contribution in [2.75, 3.05) is 13.7 Å². The van der Waals surface area contributed by atoms with E-state index in [-0.39, 0.29) is 6.04 Å². The van der Waals surface area contributed by atoms with Crippen molar-refractivity contribution < 1.29 is 4.74 Å². The van der Waals surface area contributed by atoms with E-state index in [9.17, 15) is 0 Å². The molecule has 0 amide bonds. The lowest BCUT2D eigenvalue weighted by molar-refractivity contribution is 0.414. The summed E-state index contributed by atoms with van der Waals surface area (Å²) < 4.78 is 7.28. The lowest BCUT2D eigenvalue weighted by atomic mass is 9.96. The fourth-order valence-corrected chi connectivity index (χ4v) is 3.94. The zero-order valence-corrected chi connectivity index (χ0v) is 18.1. The van der Waals surface area contributed by atoms with Crippen LogP contribution in [-0.2, 0) is 0 Å². The molecule has 28 heavy (non-hydrogen) atoms. The minimum absolute atomic E-state index is 0.250. The molecule has 2 N–H and O–H groups in total. The van der Waals surface area contributed by atoms with Crippen LogP contribution in [0.1, 0.15) is 43.1 Å². The predicted octanol–water partition coefficient (Wildman–Crippen LogP) is 4.03. The summed E-state index contributed by atoms with van der Waals surface area (Å²) in [5, 5.41) is 12.2. The van der Waals surface area contributed by atoms with Gasteiger partial charge in [-0.15, -0.1) is 0 Å². The maximum atomic E-state index is 5.42. The minimum atomic E-state index is 0.250. The van der Waals surface area contributed by atoms with Crippen molar-refractivity contribution in [2.24, 2.45) is 5.92 Å². The van der Waals surface area contributed by atoms with Gasteiger partial charge in [-0.05, 0) is 62.7 Å². The monoisotopic (exact) mass is 398 g/mol. The molecule has 0 spiro atoms. The van der Waals surface area contributed by atoms with E-state index in [1.165, 1.54) is 11.3 Å². The van der Waals surface area contributed by atoms with Crippen molar-refractivity contribution in [3.8, 4) is 11.4 Å². The van der Waals surface area contributed by atoms with E-state index in [2.05, 4.69) is 50.5 Å². The molecule has 1 aliphatic carbocycles. The summed E-state index contributed by atoms with van der Waals surface area (Å²) in [6.45, 7) is 9.47. The highest BCUT2D eigenvalue weighted by molar-refractivity contribution is 7.80. The number of nitrogens with zero attached hydrogens (tertiary/aromatic N) is 2. The normalized spacial score (nSPS) is 18.5. The molecule has 150 valence electrons. The molecule has 5 nitrogen and oxygen atoms in total. The molecule has 0 saturated carbocycles. The maximum Gasteiger partial charge on any atom is 0.166 e. The second kappa shape index (κ2) is 8.78. The molecular weight excluding hydrogens is 368 g/mol. The minimum Gasteiger partial charge on any atom is -0.497 e. The number of aryl methyl sites for hydroxylation is 1. The van der Waals surface area contributed by atoms with Gasteiger partial charge in [0.25, 0.3) is 0 Å². The molecule has 0 bridgehead atoms. The van der Waals surface area contributed by atoms with Gasteiger partial charge >= 0.3 is 0 Å². The fraction of sp³-hybridized carbons (Fsp3) is 0.455. The number of hydrogen-bond donors (Lipinski definition) is 2. The van der Waals surface area contributed by atoms with Gasteiger partial charge in [0.05, 0.1) is 18.5 Å². The molecule has 0 aliphatic heterocycles. The summed E-state index contributed by atoms with van der Waals surface area (Å²) in [5.41, 5.74) is 4.60. The van der Waals surface area contributed by atoms with E-state index in [0.29, 0.717) is 11.8 Å². The van der Waals surface area contributed by atoms with Crippen LogP contribution in [0, 0.1) is 19.8 Å². The van der Waals surface area contributed by atoms with Crippen LogP contribution in [0.15, 0.2) is 36.4 Å². The maximum absolute atomic E-state index is 5.42. The Hall–Kier alpha value is -2.34. The van der Waals surface area contributed by atoms with E-state index in [1.807, 2.05) is 28.9 Å². The SMILES string of the molecule is COc1ccc(-n2nc(C)c(C3C=CC(NC(=S)NCC(C)C)C3)c2C)cc1. The molecule has 3 rings (SSSR count). The molecule has 1 aromatic heterocycles. The summed E-state index contributed by atoms with van der Waals surface area (Å²) in [6, 6.07) is 8.25. The molecule has 1 aliphatic rings. The topological polar surface area (TPSA) is 51.1 Å². The molecule has 2 aromatic rings. The molecule has 0 saturated heterocycles. The highest BCUT2D eigenvalue weighted by atomic mass is 32.1. The Labute approximate surface area is 173 Å². The second-order valence-corrected chi connectivity index (χ2v) is 8.18. The van der Waals surface area contributed by atoms with Crippen molar-refractivity contribution in [1.82, 2.24) is 20.4 Å². The van der Waals surface area contributed by atoms with Crippen LogP contribution in [0.2, 0.25) is 0 Å². The van der Waals surface area contributed by atoms with Crippen LogP contribution in [0.4, 0.5) is 0 Å². The Morgan fingerprint density at radius 3 is 2.61 bits per heavy atom. The van der Waals surface area contributed by atoms with E-state index in [4.69, 9.17) is 22.1 Å². The Bertz CT molecular complexity index is 854. The van der Waals surface area contributed by atoms with Crippen molar-refractivity contribution in [1.29, 1.82) is 0 Å². The van der Waals surface area contributed by atoms with Crippen LogP contribution < -0.4 is 15.4 Å². The number of methoxy groups -OCH3 is 1. The molecule has 2 unspecified atom stereocenters. The number of nitrogens with one attached hydrogen (secondary N) is 2. The lowest BCUT2D eigenvalue weighted by Gasteiger charge is -2.18. The third kappa shape index (κ3) is 4.55. The van der Waals surface area contributed by atoms with Gasteiger partial charge in [0, 0.05) is 29.8 Å². The smallest absolute Gasteiger partial charge is 0.166 e. The number of rotatable bonds is 6. The van der Waals surface area contributed by atoms with Crippen LogP contribution in [0.5, 0.6) is 5.75 Å². The fourth-order valence-electron chi connectivity index (χ4n) is 3.70. The summed E-state index contributed by atoms with van der Waals surface area (Å²) in [4.78, 5) is 0. The Morgan fingerprint density at radius 2 is 1.96 bits per heavy atom. The molecule has 2 atom stereocenters. The Morgan fingerprint density at radius 1 is 1.25 bits per heavy atom. The number of thiocarbonyl (C=S) groups is 1. The van der Waals surface area contributed by atoms with E-state index in [1.54, 1.807) is 7.11 Å². The third-order valence-electron chi connectivity index (χ3n) is 5.11. The third-order valence-corrected chi connectivity index (χ3v) is 5.37. The first kappa shape index (κ1) is 20.4. The van der Waals surface area contributed by atoms with Crippen LogP contribution in [0.25, 0.3) is 5.69 Å². The molecule has 1 heterocycles. The van der Waals surface area contributed by atoms with E-state index in [0.717, 1.165) is 35.2 Å². The first-order chi connectivity index (χ1) is 13.4. The summed E-state index contributed by atoms with van der Waals surface area (Å²) in [7, 11) is 1.68. The zero-order valence-electron chi connectivity index (χ0n) is 17.3. The Balaban J connectivity index is 1.70. The van der Waals surface area contributed by atoms with Crippen molar-refractivity contribution in [3.63, 3.8) is 0 Å². The van der Waals surface area contributed by atoms with Crippen LogP contribution in [-0.4, -0.2) is 34.6 Å². The summed E-state index contributed by atoms with van der Waals surface area (Å²) in [6.07, 6.45) is 5.48. The number of hydrogen-bond acceptors (Lipinski definition) is 3. The lowest BCUT2D eigenvalue weighted by Crippen LogP contribution is -2.41. The van der Waals surface area contributed by atoms with Crippen molar-refractivity contribution in [2.45, 2.75) is 46.1 Å². The first-order valence-electron chi connectivity index (χ1n) is 9.82. The van der Waals surface area contributed by atoms with Crippen LogP contribution >= 0.6 is 12.2 Å². The number of aromatic nitrogens is 2. The van der Waals surface area contributed by atoms with E-state index < -0.39 is 0 Å². The highest BCUT2D eigenvalue weighted by Crippen LogP contribution is 2.34. The number of benzene rings is 1. The van der Waals surface area contributed by atoms with Gasteiger partial charge in [-0.3, -0.25) is 0 Å². The average molecular weight is 399 g/mol. The van der Waals surface area contributed by atoms with Gasteiger partial charge in [0.15, 0.2) is 5.11 Å². The summed E-state index contributed by atoms with van der Waals surface area (Å²) >= 11 is 5.42. The molecule has 6 heteroatoms. The average Bonchev–Trinajstić information content (AvgIpc) is 3.23. The number of ether oxygens (including phenoxy) is 1. The molecule has 0 fully saturated rings. The highest BCUT2D eigenvalue weighted by Gasteiger charge is 2.26. The van der Waals surface area contributed by atoms with Crippen molar-refractivity contribution in [3.05, 3.63) is 53.4 Å². The van der Waals surface area contributed by atoms with Gasteiger partial charge in [-0.1, -0.05) is 26.0 Å². The molecular formula is C22H30N4OS. The van der Waals surface area contributed by atoms with Gasteiger partial charge < -0.3 is 15.4 Å². The predicted molar refractivity (Wildman–Crippen MR) is 118 cm³/mol. The van der Waals surface area contributed by atoms with Gasteiger partial charge in [-0.2, -0.15) is 5.10 Å². The van der Waals surface area contributed by atoms with Gasteiger partial charge in [0.1, 0.15) is 5.75 Å². The first-order valence-corrected chi connectivity index (χ1v) is 10.2. The number of allylic oxidation sites excluding steroid dienone is 1. The summed E-state index contributed by atoms with van der Waals surface area (Å²) in [5.74, 6) is 1.76. The largest absolute Gasteiger partial charge is 0.497 e. The van der Waals surface area contributed by atoms with Crippen molar-refractivity contribution >= 4 is 17.3 Å². The zero-order chi connectivity index (χ0) is 20.3. The Kier molecular flexibility index (Phi) is 6.39. The van der Waals surface area contributed by atoms with Gasteiger partial charge in [-0.25, -0.2) is 4.68 Å². The standard InChI is InChI=1S/C22H30N4OS/c1-14(2)13-23-22(28)24-18-7-6-17(12-18)21-15(3)25-26(16(21)4)19-8-10-20(27-5)11-9-19/h6-11,14,17-18H,12-13H2,1-5H3,(H2,23,24,28). The molecule has 1 aromatic carbocycles. The van der Waals surface area contributed by atoms with Gasteiger partial charge in [0.2, 0.25) is 0 Å². The van der Waals surface area contributed by atoms with Crippen LogP contribution in [0.3, 0.4) is 0 Å². The molecule has 0 radical (unpaired) electrons. The second-order valence-electron chi connectivity index (χ2n) is 7.78. The van der Waals surface area contributed by atoms with E-state index >= 15 is 0 Å². The quantitative estimate of drug-likeness (QED) is 0.568.